The molecule has 2 N–H and O–H groups in total. The molecule has 1 aliphatic rings. The van der Waals surface area contributed by atoms with E-state index in [1.807, 2.05) is 0 Å². The third-order valence-electron chi connectivity index (χ3n) is 3.67. The van der Waals surface area contributed by atoms with Gasteiger partial charge < -0.3 is 10.6 Å². The Bertz CT molecular complexity index is 792. The molecule has 2 aromatic carbocycles. The van der Waals surface area contributed by atoms with Gasteiger partial charge >= 0.3 is 0 Å². The summed E-state index contributed by atoms with van der Waals surface area (Å²) < 4.78 is 13.1. The average Bonchev–Trinajstić information content (AvgIpc) is 2.70. The summed E-state index contributed by atoms with van der Waals surface area (Å²) >= 11 is 5.70. The molecule has 6 heteroatoms. The number of benzene rings is 2. The molecule has 0 saturated heterocycles. The molecule has 2 amide bonds. The van der Waals surface area contributed by atoms with Crippen LogP contribution >= 0.6 is 11.6 Å². The van der Waals surface area contributed by atoms with Crippen LogP contribution in [0.15, 0.2) is 36.4 Å². The highest BCUT2D eigenvalue weighted by Gasteiger charge is 2.15. The van der Waals surface area contributed by atoms with Crippen molar-refractivity contribution in [1.82, 2.24) is 0 Å². The topological polar surface area (TPSA) is 58.2 Å². The van der Waals surface area contributed by atoms with E-state index in [2.05, 4.69) is 10.6 Å². The minimum Gasteiger partial charge on any atom is -0.326 e. The largest absolute Gasteiger partial charge is 0.326 e. The number of carbonyl (C=O) groups excluding carboxylic acids is 2. The van der Waals surface area contributed by atoms with Gasteiger partial charge in [-0.3, -0.25) is 9.59 Å². The number of anilines is 2. The highest BCUT2D eigenvalue weighted by molar-refractivity contribution is 6.31. The van der Waals surface area contributed by atoms with Crippen molar-refractivity contribution in [1.29, 1.82) is 0 Å². The molecule has 0 aromatic heterocycles. The van der Waals surface area contributed by atoms with Crippen LogP contribution in [0, 0.1) is 5.82 Å². The zero-order valence-corrected chi connectivity index (χ0v) is 12.9. The predicted octanol–water partition coefficient (Wildman–Crippen LogP) is 4.01. The predicted molar refractivity (Wildman–Crippen MR) is 87.4 cm³/mol. The Kier molecular flexibility index (Phi) is 4.30. The standard InChI is InChI=1S/C17H14ClFN2O2/c18-13-9-12(5-6-14(13)19)20-17(23)11-4-7-15-10(8-11)2-1-3-16(22)21-15/h4-9H,1-3H2,(H,20,23)(H,21,22). The van der Waals surface area contributed by atoms with Crippen molar-refractivity contribution in [3.05, 3.63) is 58.4 Å². The number of hydrogen-bond donors (Lipinski definition) is 2. The van der Waals surface area contributed by atoms with Crippen LogP contribution in [-0.4, -0.2) is 11.8 Å². The fourth-order valence-corrected chi connectivity index (χ4v) is 2.67. The van der Waals surface area contributed by atoms with Crippen LogP contribution in [0.25, 0.3) is 0 Å². The smallest absolute Gasteiger partial charge is 0.255 e. The highest BCUT2D eigenvalue weighted by atomic mass is 35.5. The molecule has 3 rings (SSSR count). The first-order valence-electron chi connectivity index (χ1n) is 7.22. The Morgan fingerprint density at radius 3 is 2.78 bits per heavy atom. The number of amides is 2. The lowest BCUT2D eigenvalue weighted by Crippen LogP contribution is -2.13. The molecule has 0 saturated carbocycles. The van der Waals surface area contributed by atoms with E-state index < -0.39 is 5.82 Å². The molecule has 23 heavy (non-hydrogen) atoms. The van der Waals surface area contributed by atoms with Gasteiger partial charge in [0.1, 0.15) is 5.82 Å². The van der Waals surface area contributed by atoms with Gasteiger partial charge in [-0.05, 0) is 54.8 Å². The molecule has 1 heterocycles. The second kappa shape index (κ2) is 6.38. The third-order valence-corrected chi connectivity index (χ3v) is 3.96. The summed E-state index contributed by atoms with van der Waals surface area (Å²) in [6, 6.07) is 9.14. The lowest BCUT2D eigenvalue weighted by Gasteiger charge is -2.10. The van der Waals surface area contributed by atoms with Crippen LogP contribution in [0.1, 0.15) is 28.8 Å². The SMILES string of the molecule is O=C1CCCc2cc(C(=O)Nc3ccc(F)c(Cl)c3)ccc2N1. The molecular weight excluding hydrogens is 319 g/mol. The van der Waals surface area contributed by atoms with Gasteiger partial charge in [-0.2, -0.15) is 0 Å². The summed E-state index contributed by atoms with van der Waals surface area (Å²) in [5.41, 5.74) is 2.57. The summed E-state index contributed by atoms with van der Waals surface area (Å²) in [6.07, 6.45) is 1.96. The van der Waals surface area contributed by atoms with Crippen LogP contribution in [0.5, 0.6) is 0 Å². The lowest BCUT2D eigenvalue weighted by molar-refractivity contribution is -0.116. The fraction of sp³-hybridized carbons (Fsp3) is 0.176. The summed E-state index contributed by atoms with van der Waals surface area (Å²) in [6.45, 7) is 0. The van der Waals surface area contributed by atoms with Crippen molar-refractivity contribution >= 4 is 34.8 Å². The van der Waals surface area contributed by atoms with Gasteiger partial charge in [0.25, 0.3) is 5.91 Å². The van der Waals surface area contributed by atoms with Crippen LogP contribution in [0.2, 0.25) is 5.02 Å². The molecule has 0 radical (unpaired) electrons. The number of rotatable bonds is 2. The Labute approximate surface area is 137 Å². The van der Waals surface area contributed by atoms with Crippen molar-refractivity contribution in [2.45, 2.75) is 19.3 Å². The number of halogens is 2. The van der Waals surface area contributed by atoms with Crippen LogP contribution in [0.3, 0.4) is 0 Å². The van der Waals surface area contributed by atoms with Gasteiger partial charge in [0.05, 0.1) is 5.02 Å². The molecule has 0 fully saturated rings. The molecule has 4 nitrogen and oxygen atoms in total. The maximum Gasteiger partial charge on any atom is 0.255 e. The van der Waals surface area contributed by atoms with E-state index in [-0.39, 0.29) is 16.8 Å². The number of hydrogen-bond acceptors (Lipinski definition) is 2. The normalized spacial score (nSPS) is 13.7. The lowest BCUT2D eigenvalue weighted by atomic mass is 10.0. The van der Waals surface area contributed by atoms with E-state index in [1.54, 1.807) is 18.2 Å². The van der Waals surface area contributed by atoms with Crippen molar-refractivity contribution in [2.75, 3.05) is 10.6 Å². The van der Waals surface area contributed by atoms with Gasteiger partial charge in [0.2, 0.25) is 5.91 Å². The zero-order chi connectivity index (χ0) is 16.4. The first-order chi connectivity index (χ1) is 11.0. The summed E-state index contributed by atoms with van der Waals surface area (Å²) in [5, 5.41) is 5.45. The van der Waals surface area contributed by atoms with Crippen molar-refractivity contribution < 1.29 is 14.0 Å². The minimum atomic E-state index is -0.537. The molecule has 0 spiro atoms. The van der Waals surface area contributed by atoms with E-state index in [9.17, 15) is 14.0 Å². The minimum absolute atomic E-state index is 0.0121. The summed E-state index contributed by atoms with van der Waals surface area (Å²) in [4.78, 5) is 23.8. The van der Waals surface area contributed by atoms with Gasteiger partial charge in [0.15, 0.2) is 0 Å². The van der Waals surface area contributed by atoms with Crippen LogP contribution in [-0.2, 0) is 11.2 Å². The Morgan fingerprint density at radius 1 is 1.17 bits per heavy atom. The molecule has 1 aliphatic heterocycles. The second-order valence-corrected chi connectivity index (χ2v) is 5.76. The Hall–Kier alpha value is -2.40. The van der Waals surface area contributed by atoms with Crippen LogP contribution in [0.4, 0.5) is 15.8 Å². The van der Waals surface area contributed by atoms with E-state index in [4.69, 9.17) is 11.6 Å². The van der Waals surface area contributed by atoms with Gasteiger partial charge in [0, 0.05) is 23.4 Å². The molecule has 118 valence electrons. The monoisotopic (exact) mass is 332 g/mol. The first kappa shape index (κ1) is 15.5. The maximum absolute atomic E-state index is 13.1. The van der Waals surface area contributed by atoms with Gasteiger partial charge in [-0.15, -0.1) is 0 Å². The quantitative estimate of drug-likeness (QED) is 0.873. The third kappa shape index (κ3) is 3.51. The molecular formula is C17H14ClFN2O2. The molecule has 0 bridgehead atoms. The van der Waals surface area contributed by atoms with Crippen molar-refractivity contribution in [3.63, 3.8) is 0 Å². The number of nitrogens with one attached hydrogen (secondary N) is 2. The number of aryl methyl sites for hydroxylation is 1. The zero-order valence-electron chi connectivity index (χ0n) is 12.2. The Balaban J connectivity index is 1.81. The summed E-state index contributed by atoms with van der Waals surface area (Å²) in [5.74, 6) is -0.863. The van der Waals surface area contributed by atoms with Gasteiger partial charge in [-0.1, -0.05) is 11.6 Å². The molecule has 0 atom stereocenters. The maximum atomic E-state index is 13.1. The molecule has 2 aromatic rings. The highest BCUT2D eigenvalue weighted by Crippen LogP contribution is 2.24. The fourth-order valence-electron chi connectivity index (χ4n) is 2.49. The van der Waals surface area contributed by atoms with E-state index in [1.165, 1.54) is 18.2 Å². The van der Waals surface area contributed by atoms with Crippen molar-refractivity contribution in [3.8, 4) is 0 Å². The number of fused-ring (bicyclic) bond motifs is 1. The molecule has 0 unspecified atom stereocenters. The van der Waals surface area contributed by atoms with E-state index >= 15 is 0 Å². The average molecular weight is 333 g/mol. The van der Waals surface area contributed by atoms with Crippen LogP contribution < -0.4 is 10.6 Å². The van der Waals surface area contributed by atoms with Crippen molar-refractivity contribution in [2.24, 2.45) is 0 Å². The number of carbonyl (C=O) groups is 2. The van der Waals surface area contributed by atoms with E-state index in [0.29, 0.717) is 17.7 Å². The Morgan fingerprint density at radius 2 is 2.00 bits per heavy atom. The first-order valence-corrected chi connectivity index (χ1v) is 7.60. The van der Waals surface area contributed by atoms with E-state index in [0.717, 1.165) is 24.1 Å². The van der Waals surface area contributed by atoms with Gasteiger partial charge in [-0.25, -0.2) is 4.39 Å². The molecule has 0 aliphatic carbocycles. The second-order valence-electron chi connectivity index (χ2n) is 5.36. The summed E-state index contributed by atoms with van der Waals surface area (Å²) in [7, 11) is 0.